The number of pyridine rings is 1. The molecule has 4 heterocycles. The standard InChI is InChI=1S/C31H38FN7O3/c1-21-16-22(7-8-23(21)17-34-29(41)28-35-30(42-36-28)31(2,3)4)25-9-10-33-18-26(25)38-12-14-39(15-13-38)27(40)6-5-11-37-19-24(32)20-37/h5-10,16,18,24H,11-15,17,19-20H2,1-4H3,(H,34,41)/b6-5+. The van der Waals surface area contributed by atoms with Gasteiger partial charge < -0.3 is 19.6 Å². The van der Waals surface area contributed by atoms with E-state index >= 15 is 0 Å². The van der Waals surface area contributed by atoms with Crippen LogP contribution in [0.5, 0.6) is 0 Å². The fourth-order valence-electron chi connectivity index (χ4n) is 5.05. The van der Waals surface area contributed by atoms with Crippen LogP contribution in [0.2, 0.25) is 0 Å². The Kier molecular flexibility index (Phi) is 8.67. The third-order valence-electron chi connectivity index (χ3n) is 7.63. The molecule has 2 saturated heterocycles. The average molecular weight is 576 g/mol. The molecule has 0 atom stereocenters. The quantitative estimate of drug-likeness (QED) is 0.407. The van der Waals surface area contributed by atoms with Crippen molar-refractivity contribution >= 4 is 17.5 Å². The number of piperazine rings is 1. The van der Waals surface area contributed by atoms with Crippen LogP contribution in [0.3, 0.4) is 0 Å². The highest BCUT2D eigenvalue weighted by atomic mass is 19.1. The van der Waals surface area contributed by atoms with Crippen molar-refractivity contribution in [1.29, 1.82) is 0 Å². The number of alkyl halides is 1. The summed E-state index contributed by atoms with van der Waals surface area (Å²) in [5.41, 5.74) is 4.83. The summed E-state index contributed by atoms with van der Waals surface area (Å²) in [7, 11) is 0. The zero-order chi connectivity index (χ0) is 29.9. The second-order valence-corrected chi connectivity index (χ2v) is 11.9. The lowest BCUT2D eigenvalue weighted by molar-refractivity contribution is -0.126. The van der Waals surface area contributed by atoms with Gasteiger partial charge in [-0.1, -0.05) is 50.2 Å². The van der Waals surface area contributed by atoms with Crippen molar-refractivity contribution in [2.24, 2.45) is 0 Å². The molecule has 0 saturated carbocycles. The van der Waals surface area contributed by atoms with Gasteiger partial charge in [0.1, 0.15) is 6.17 Å². The normalized spacial score (nSPS) is 16.6. The largest absolute Gasteiger partial charge is 0.366 e. The zero-order valence-electron chi connectivity index (χ0n) is 24.6. The molecule has 2 fully saturated rings. The van der Waals surface area contributed by atoms with Gasteiger partial charge in [0.15, 0.2) is 0 Å². The van der Waals surface area contributed by atoms with Crippen LogP contribution in [0, 0.1) is 6.92 Å². The van der Waals surface area contributed by atoms with Crippen molar-refractivity contribution in [2.45, 2.75) is 45.8 Å². The van der Waals surface area contributed by atoms with Crippen molar-refractivity contribution in [3.05, 3.63) is 71.7 Å². The molecule has 0 unspecified atom stereocenters. The van der Waals surface area contributed by atoms with Crippen molar-refractivity contribution in [3.63, 3.8) is 0 Å². The van der Waals surface area contributed by atoms with Crippen molar-refractivity contribution < 1.29 is 18.5 Å². The minimum atomic E-state index is -0.736. The van der Waals surface area contributed by atoms with Gasteiger partial charge in [-0.25, -0.2) is 4.39 Å². The van der Waals surface area contributed by atoms with Crippen LogP contribution in [0.15, 0.2) is 53.3 Å². The molecular formula is C31H38FN7O3. The summed E-state index contributed by atoms with van der Waals surface area (Å²) in [5.74, 6) is 0.0534. The van der Waals surface area contributed by atoms with Gasteiger partial charge in [-0.3, -0.25) is 19.5 Å². The van der Waals surface area contributed by atoms with Gasteiger partial charge in [0.05, 0.1) is 11.9 Å². The van der Waals surface area contributed by atoms with Crippen LogP contribution in [0.4, 0.5) is 10.1 Å². The van der Waals surface area contributed by atoms with Gasteiger partial charge in [0.25, 0.3) is 11.7 Å². The van der Waals surface area contributed by atoms with Gasteiger partial charge in [0.2, 0.25) is 11.8 Å². The number of aryl methyl sites for hydroxylation is 1. The van der Waals surface area contributed by atoms with Crippen LogP contribution >= 0.6 is 0 Å². The third kappa shape index (κ3) is 6.84. The van der Waals surface area contributed by atoms with Crippen LogP contribution in [-0.4, -0.2) is 88.7 Å². The van der Waals surface area contributed by atoms with E-state index in [1.54, 1.807) is 12.3 Å². The molecular weight excluding hydrogens is 537 g/mol. The number of halogens is 1. The summed E-state index contributed by atoms with van der Waals surface area (Å²) >= 11 is 0. The van der Waals surface area contributed by atoms with E-state index in [4.69, 9.17) is 4.52 Å². The second-order valence-electron chi connectivity index (χ2n) is 11.9. The number of carbonyl (C=O) groups excluding carboxylic acids is 2. The van der Waals surface area contributed by atoms with E-state index in [-0.39, 0.29) is 23.1 Å². The molecule has 2 aliphatic heterocycles. The van der Waals surface area contributed by atoms with Crippen molar-refractivity contribution in [1.82, 2.24) is 30.2 Å². The number of hydrogen-bond acceptors (Lipinski definition) is 8. The lowest BCUT2D eigenvalue weighted by Crippen LogP contribution is -2.49. The summed E-state index contributed by atoms with van der Waals surface area (Å²) in [6.45, 7) is 12.3. The van der Waals surface area contributed by atoms with E-state index in [0.29, 0.717) is 58.2 Å². The monoisotopic (exact) mass is 575 g/mol. The first-order valence-corrected chi connectivity index (χ1v) is 14.3. The fraction of sp³-hybridized carbons (Fsp3) is 0.452. The molecule has 0 radical (unpaired) electrons. The van der Waals surface area contributed by atoms with Gasteiger partial charge in [-0.05, 0) is 29.7 Å². The van der Waals surface area contributed by atoms with E-state index in [9.17, 15) is 14.0 Å². The van der Waals surface area contributed by atoms with Crippen LogP contribution in [0.1, 0.15) is 48.4 Å². The number of nitrogens with one attached hydrogen (secondary N) is 1. The lowest BCUT2D eigenvalue weighted by Gasteiger charge is -2.36. The number of nitrogens with zero attached hydrogens (tertiary/aromatic N) is 6. The number of aromatic nitrogens is 3. The molecule has 222 valence electrons. The SMILES string of the molecule is Cc1cc(-c2ccncc2N2CCN(C(=O)/C=C/CN3CC(F)C3)CC2)ccc1CNC(=O)c1noc(C(C)(C)C)n1. The first kappa shape index (κ1) is 29.4. The molecule has 0 aliphatic carbocycles. The Hall–Kier alpha value is -4.12. The predicted molar refractivity (Wildman–Crippen MR) is 158 cm³/mol. The molecule has 2 amide bonds. The number of likely N-dealkylation sites (tertiary alicyclic amines) is 1. The summed E-state index contributed by atoms with van der Waals surface area (Å²) in [6, 6.07) is 8.18. The zero-order valence-corrected chi connectivity index (χ0v) is 24.6. The highest BCUT2D eigenvalue weighted by Gasteiger charge is 2.26. The Balaban J connectivity index is 1.18. The molecule has 11 heteroatoms. The van der Waals surface area contributed by atoms with E-state index in [0.717, 1.165) is 27.9 Å². The van der Waals surface area contributed by atoms with Gasteiger partial charge in [0, 0.05) is 75.6 Å². The van der Waals surface area contributed by atoms with Crippen LogP contribution in [-0.2, 0) is 16.8 Å². The average Bonchev–Trinajstić information content (AvgIpc) is 3.47. The van der Waals surface area contributed by atoms with E-state index in [2.05, 4.69) is 31.4 Å². The van der Waals surface area contributed by atoms with Crippen molar-refractivity contribution in [3.8, 4) is 11.1 Å². The maximum absolute atomic E-state index is 13.0. The lowest BCUT2D eigenvalue weighted by atomic mass is 9.97. The Labute approximate surface area is 245 Å². The van der Waals surface area contributed by atoms with Crippen molar-refractivity contribution in [2.75, 3.05) is 50.7 Å². The Morgan fingerprint density at radius 2 is 1.90 bits per heavy atom. The highest BCUT2D eigenvalue weighted by molar-refractivity contribution is 5.90. The maximum Gasteiger partial charge on any atom is 0.292 e. The van der Waals surface area contributed by atoms with Gasteiger partial charge >= 0.3 is 0 Å². The summed E-state index contributed by atoms with van der Waals surface area (Å²) < 4.78 is 18.2. The number of carbonyl (C=O) groups is 2. The summed E-state index contributed by atoms with van der Waals surface area (Å²) in [6.07, 6.45) is 6.35. The molecule has 1 N–H and O–H groups in total. The number of rotatable bonds is 8. The number of hydrogen-bond donors (Lipinski definition) is 1. The van der Waals surface area contributed by atoms with Crippen LogP contribution < -0.4 is 10.2 Å². The smallest absolute Gasteiger partial charge is 0.292 e. The first-order valence-electron chi connectivity index (χ1n) is 14.3. The molecule has 0 spiro atoms. The molecule has 3 aromatic rings. The predicted octanol–water partition coefficient (Wildman–Crippen LogP) is 3.53. The molecule has 42 heavy (non-hydrogen) atoms. The topological polar surface area (TPSA) is 108 Å². The minimum Gasteiger partial charge on any atom is -0.366 e. The summed E-state index contributed by atoms with van der Waals surface area (Å²) in [5, 5.41) is 6.71. The van der Waals surface area contributed by atoms with Crippen LogP contribution in [0.25, 0.3) is 11.1 Å². The molecule has 0 bridgehead atoms. The highest BCUT2D eigenvalue weighted by Crippen LogP contribution is 2.32. The Morgan fingerprint density at radius 1 is 1.14 bits per heavy atom. The fourth-order valence-corrected chi connectivity index (χ4v) is 5.05. The molecule has 1 aromatic carbocycles. The Bertz CT molecular complexity index is 1450. The molecule has 2 aromatic heterocycles. The van der Waals surface area contributed by atoms with E-state index < -0.39 is 6.17 Å². The van der Waals surface area contributed by atoms with E-state index in [1.807, 2.05) is 68.0 Å². The minimum absolute atomic E-state index is 0.00865. The Morgan fingerprint density at radius 3 is 2.57 bits per heavy atom. The number of amides is 2. The maximum atomic E-state index is 13.0. The first-order chi connectivity index (χ1) is 20.1. The van der Waals surface area contributed by atoms with Gasteiger partial charge in [-0.2, -0.15) is 4.98 Å². The number of benzene rings is 1. The number of anilines is 1. The molecule has 10 nitrogen and oxygen atoms in total. The second kappa shape index (κ2) is 12.4. The molecule has 2 aliphatic rings. The third-order valence-corrected chi connectivity index (χ3v) is 7.63. The van der Waals surface area contributed by atoms with Gasteiger partial charge in [-0.15, -0.1) is 0 Å². The molecule has 5 rings (SSSR count). The summed E-state index contributed by atoms with van der Waals surface area (Å²) in [4.78, 5) is 39.9. The van der Waals surface area contributed by atoms with E-state index in [1.165, 1.54) is 0 Å².